The van der Waals surface area contributed by atoms with Crippen LogP contribution < -0.4 is 9.47 Å². The Bertz CT molecular complexity index is 1050. The van der Waals surface area contributed by atoms with Gasteiger partial charge in [0.2, 0.25) is 4.77 Å². The van der Waals surface area contributed by atoms with Crippen LogP contribution in [0.25, 0.3) is 12.2 Å². The van der Waals surface area contributed by atoms with Gasteiger partial charge >= 0.3 is 0 Å². The Morgan fingerprint density at radius 3 is 2.79 bits per heavy atom. The van der Waals surface area contributed by atoms with E-state index in [0.717, 1.165) is 35.1 Å². The molecule has 3 aromatic rings. The molecule has 2 aromatic heterocycles. The zero-order valence-electron chi connectivity index (χ0n) is 15.8. The molecule has 0 radical (unpaired) electrons. The number of aromatic nitrogens is 3. The van der Waals surface area contributed by atoms with E-state index in [1.807, 2.05) is 55.1 Å². The Kier molecular flexibility index (Phi) is 5.31. The molecule has 0 aliphatic carbocycles. The number of H-pyrrole nitrogens is 1. The first-order valence-corrected chi connectivity index (χ1v) is 9.46. The van der Waals surface area contributed by atoms with Crippen molar-refractivity contribution < 1.29 is 13.9 Å². The van der Waals surface area contributed by atoms with E-state index in [1.165, 1.54) is 0 Å². The minimum absolute atomic E-state index is 0.504. The molecule has 0 saturated heterocycles. The predicted octanol–water partition coefficient (Wildman–Crippen LogP) is 3.87. The molecule has 7 nitrogen and oxygen atoms in total. The van der Waals surface area contributed by atoms with Crippen molar-refractivity contribution in [2.75, 3.05) is 20.3 Å². The highest BCUT2D eigenvalue weighted by atomic mass is 32.1. The summed E-state index contributed by atoms with van der Waals surface area (Å²) in [6, 6.07) is 9.87. The molecule has 4 rings (SSSR count). The van der Waals surface area contributed by atoms with E-state index in [1.54, 1.807) is 0 Å². The lowest BCUT2D eigenvalue weighted by Gasteiger charge is -2.21. The Morgan fingerprint density at radius 2 is 2.00 bits per heavy atom. The Balaban J connectivity index is 1.40. The smallest absolute Gasteiger partial charge is 0.217 e. The highest BCUT2D eigenvalue weighted by molar-refractivity contribution is 7.71. The van der Waals surface area contributed by atoms with Crippen molar-refractivity contribution in [2.24, 2.45) is 0 Å². The van der Waals surface area contributed by atoms with Crippen LogP contribution in [0.3, 0.4) is 0 Å². The highest BCUT2D eigenvalue weighted by Crippen LogP contribution is 2.31. The maximum absolute atomic E-state index is 5.65. The van der Waals surface area contributed by atoms with Gasteiger partial charge in [0.25, 0.3) is 0 Å². The number of nitrogens with zero attached hydrogens (tertiary/aromatic N) is 3. The third-order valence-electron chi connectivity index (χ3n) is 4.31. The molecule has 1 aliphatic rings. The molecule has 1 aromatic carbocycles. The van der Waals surface area contributed by atoms with Crippen LogP contribution in [0, 0.1) is 11.7 Å². The van der Waals surface area contributed by atoms with E-state index in [4.69, 9.17) is 26.1 Å². The molecular weight excluding hydrogens is 376 g/mol. The molecule has 0 atom stereocenters. The third kappa shape index (κ3) is 4.35. The van der Waals surface area contributed by atoms with Crippen LogP contribution in [-0.2, 0) is 13.2 Å². The molecule has 1 aliphatic heterocycles. The average molecular weight is 398 g/mol. The van der Waals surface area contributed by atoms with Crippen LogP contribution in [0.15, 0.2) is 34.7 Å². The predicted molar refractivity (Wildman–Crippen MR) is 109 cm³/mol. The summed E-state index contributed by atoms with van der Waals surface area (Å²) in [4.78, 5) is 6.52. The van der Waals surface area contributed by atoms with Crippen molar-refractivity contribution in [1.29, 1.82) is 0 Å². The summed E-state index contributed by atoms with van der Waals surface area (Å²) in [7, 11) is 2.03. The lowest BCUT2D eigenvalue weighted by Crippen LogP contribution is -2.23. The number of benzene rings is 1. The quantitative estimate of drug-likeness (QED) is 0.636. The summed E-state index contributed by atoms with van der Waals surface area (Å²) < 4.78 is 19.1. The van der Waals surface area contributed by atoms with Crippen molar-refractivity contribution in [1.82, 2.24) is 19.7 Å². The Labute approximate surface area is 168 Å². The van der Waals surface area contributed by atoms with Gasteiger partial charge in [-0.2, -0.15) is 4.98 Å². The molecule has 146 valence electrons. The van der Waals surface area contributed by atoms with Gasteiger partial charge in [0.05, 0.1) is 6.67 Å². The number of rotatable bonds is 6. The number of hydrogen-bond acceptors (Lipinski definition) is 6. The topological polar surface area (TPSA) is 68.5 Å². The molecule has 0 fully saturated rings. The molecule has 0 amide bonds. The summed E-state index contributed by atoms with van der Waals surface area (Å²) in [6.07, 6.45) is 3.72. The standard InChI is InChI=1S/C20H22N4O3S/c1-14-3-5-16(27-14)6-8-19-21-20(28)24(22-19)13-23(2)12-15-4-7-17-18(11-15)26-10-9-25-17/h3-8,11H,9-10,12-13H2,1-2H3,(H,21,22,28). The van der Waals surface area contributed by atoms with E-state index in [-0.39, 0.29) is 0 Å². The first-order valence-electron chi connectivity index (χ1n) is 9.05. The van der Waals surface area contributed by atoms with Crippen molar-refractivity contribution >= 4 is 24.4 Å². The van der Waals surface area contributed by atoms with Gasteiger partial charge in [-0.25, -0.2) is 4.68 Å². The SMILES string of the molecule is Cc1ccc(C=Cc2nc(=S)n(CN(C)Cc3ccc4c(c3)OCCO4)[nH]2)o1. The molecule has 28 heavy (non-hydrogen) atoms. The van der Waals surface area contributed by atoms with Crippen LogP contribution in [0.2, 0.25) is 0 Å². The molecule has 3 heterocycles. The van der Waals surface area contributed by atoms with E-state index in [0.29, 0.717) is 30.5 Å². The molecule has 1 N–H and O–H groups in total. The van der Waals surface area contributed by atoms with Crippen LogP contribution in [0.5, 0.6) is 11.5 Å². The molecule has 8 heteroatoms. The average Bonchev–Trinajstić information content (AvgIpc) is 3.25. The second-order valence-electron chi connectivity index (χ2n) is 6.73. The second-order valence-corrected chi connectivity index (χ2v) is 7.10. The number of hydrogen-bond donors (Lipinski definition) is 1. The van der Waals surface area contributed by atoms with E-state index in [9.17, 15) is 0 Å². The van der Waals surface area contributed by atoms with Gasteiger partial charge in [0, 0.05) is 6.54 Å². The number of aromatic amines is 1. The molecule has 0 bridgehead atoms. The second kappa shape index (κ2) is 8.04. The summed E-state index contributed by atoms with van der Waals surface area (Å²) in [6.45, 7) is 4.43. The maximum atomic E-state index is 5.65. The van der Waals surface area contributed by atoms with E-state index < -0.39 is 0 Å². The molecule has 0 saturated carbocycles. The minimum atomic E-state index is 0.504. The van der Waals surface area contributed by atoms with Crippen LogP contribution >= 0.6 is 12.2 Å². The fourth-order valence-corrected chi connectivity index (χ4v) is 3.24. The number of aryl methyl sites for hydroxylation is 1. The van der Waals surface area contributed by atoms with Gasteiger partial charge < -0.3 is 13.9 Å². The summed E-state index contributed by atoms with van der Waals surface area (Å²) >= 11 is 5.37. The summed E-state index contributed by atoms with van der Waals surface area (Å²) in [5.41, 5.74) is 1.14. The largest absolute Gasteiger partial charge is 0.486 e. The monoisotopic (exact) mass is 398 g/mol. The lowest BCUT2D eigenvalue weighted by molar-refractivity contribution is 0.171. The molecule has 0 unspecified atom stereocenters. The van der Waals surface area contributed by atoms with Gasteiger partial charge in [-0.05, 0) is 68.2 Å². The van der Waals surface area contributed by atoms with E-state index >= 15 is 0 Å². The minimum Gasteiger partial charge on any atom is -0.486 e. The normalized spacial score (nSPS) is 13.5. The van der Waals surface area contributed by atoms with Gasteiger partial charge in [-0.15, -0.1) is 0 Å². The Hall–Kier alpha value is -2.84. The number of ether oxygens (including phenoxy) is 2. The fourth-order valence-electron chi connectivity index (χ4n) is 3.04. The number of furan rings is 1. The van der Waals surface area contributed by atoms with Crippen LogP contribution in [0.4, 0.5) is 0 Å². The van der Waals surface area contributed by atoms with Crippen molar-refractivity contribution in [3.63, 3.8) is 0 Å². The number of nitrogens with one attached hydrogen (secondary N) is 1. The highest BCUT2D eigenvalue weighted by Gasteiger charge is 2.13. The van der Waals surface area contributed by atoms with Gasteiger partial charge in [0.1, 0.15) is 30.6 Å². The van der Waals surface area contributed by atoms with Crippen molar-refractivity contribution in [3.05, 3.63) is 58.0 Å². The number of fused-ring (bicyclic) bond motifs is 1. The lowest BCUT2D eigenvalue weighted by atomic mass is 10.2. The zero-order chi connectivity index (χ0) is 19.5. The fraction of sp³-hybridized carbons (Fsp3) is 0.300. The zero-order valence-corrected chi connectivity index (χ0v) is 16.7. The van der Waals surface area contributed by atoms with Crippen LogP contribution in [0.1, 0.15) is 22.9 Å². The summed E-state index contributed by atoms with van der Waals surface area (Å²) in [5.74, 6) is 3.94. The molecule has 0 spiro atoms. The van der Waals surface area contributed by atoms with Crippen LogP contribution in [-0.4, -0.2) is 39.9 Å². The molecular formula is C20H22N4O3S. The first kappa shape index (κ1) is 18.5. The summed E-state index contributed by atoms with van der Waals surface area (Å²) in [5, 5.41) is 3.21. The van der Waals surface area contributed by atoms with Crippen molar-refractivity contribution in [2.45, 2.75) is 20.1 Å². The maximum Gasteiger partial charge on any atom is 0.217 e. The Morgan fingerprint density at radius 1 is 1.18 bits per heavy atom. The first-order chi connectivity index (χ1) is 13.6. The van der Waals surface area contributed by atoms with Gasteiger partial charge in [-0.3, -0.25) is 10.00 Å². The van der Waals surface area contributed by atoms with Gasteiger partial charge in [-0.1, -0.05) is 6.07 Å². The van der Waals surface area contributed by atoms with E-state index in [2.05, 4.69) is 21.0 Å². The third-order valence-corrected chi connectivity index (χ3v) is 4.62. The van der Waals surface area contributed by atoms with Crippen molar-refractivity contribution in [3.8, 4) is 11.5 Å². The van der Waals surface area contributed by atoms with Gasteiger partial charge in [0.15, 0.2) is 11.5 Å².